The van der Waals surface area contributed by atoms with Crippen LogP contribution in [-0.4, -0.2) is 24.6 Å². The van der Waals surface area contributed by atoms with E-state index in [1.807, 2.05) is 13.8 Å². The maximum atomic E-state index is 12.1. The number of amides is 1. The lowest BCUT2D eigenvalue weighted by molar-refractivity contribution is -0.119. The maximum absolute atomic E-state index is 12.1. The van der Waals surface area contributed by atoms with Crippen molar-refractivity contribution in [2.24, 2.45) is 5.73 Å². The van der Waals surface area contributed by atoms with Crippen molar-refractivity contribution < 1.29 is 18.7 Å². The number of nitrogens with zero attached hydrogens (tertiary/aromatic N) is 1. The van der Waals surface area contributed by atoms with Gasteiger partial charge in [-0.05, 0) is 37.1 Å². The van der Waals surface area contributed by atoms with Gasteiger partial charge in [-0.15, -0.1) is 0 Å². The van der Waals surface area contributed by atoms with Gasteiger partial charge >= 0.3 is 5.63 Å². The van der Waals surface area contributed by atoms with E-state index in [0.29, 0.717) is 16.8 Å². The summed E-state index contributed by atoms with van der Waals surface area (Å²) in [6.45, 7) is 3.46. The third kappa shape index (κ3) is 3.69. The summed E-state index contributed by atoms with van der Waals surface area (Å²) in [5.74, 6) is -0.202. The third-order valence-electron chi connectivity index (χ3n) is 3.99. The monoisotopic (exact) mass is 369 g/mol. The SMILES string of the molecule is COc1ccc2c(Nc3c(C)cncc3C)cc(=O)oc2c1OCC(N)=O. The fourth-order valence-electron chi connectivity index (χ4n) is 2.76. The Kier molecular flexibility index (Phi) is 4.98. The Morgan fingerprint density at radius 2 is 1.96 bits per heavy atom. The Bertz CT molecular complexity index is 1050. The van der Waals surface area contributed by atoms with E-state index < -0.39 is 11.5 Å². The third-order valence-corrected chi connectivity index (χ3v) is 3.99. The summed E-state index contributed by atoms with van der Waals surface area (Å²) in [5.41, 5.74) is 7.97. The van der Waals surface area contributed by atoms with Gasteiger partial charge in [0.1, 0.15) is 0 Å². The molecule has 3 rings (SSSR count). The highest BCUT2D eigenvalue weighted by molar-refractivity contribution is 5.96. The topological polar surface area (TPSA) is 117 Å². The number of nitrogens with one attached hydrogen (secondary N) is 1. The van der Waals surface area contributed by atoms with Crippen LogP contribution in [-0.2, 0) is 4.79 Å². The first-order valence-corrected chi connectivity index (χ1v) is 8.15. The molecule has 0 radical (unpaired) electrons. The summed E-state index contributed by atoms with van der Waals surface area (Å²) < 4.78 is 16.0. The van der Waals surface area contributed by atoms with E-state index in [4.69, 9.17) is 19.6 Å². The molecule has 0 unspecified atom stereocenters. The van der Waals surface area contributed by atoms with Crippen molar-refractivity contribution in [3.8, 4) is 11.5 Å². The van der Waals surface area contributed by atoms with Crippen molar-refractivity contribution in [3.63, 3.8) is 0 Å². The van der Waals surface area contributed by atoms with E-state index >= 15 is 0 Å². The first-order chi connectivity index (χ1) is 12.9. The molecule has 0 saturated carbocycles. The van der Waals surface area contributed by atoms with Crippen LogP contribution in [0.3, 0.4) is 0 Å². The number of carbonyl (C=O) groups is 1. The lowest BCUT2D eigenvalue weighted by Gasteiger charge is -2.16. The van der Waals surface area contributed by atoms with E-state index in [0.717, 1.165) is 16.8 Å². The molecule has 1 amide bonds. The van der Waals surface area contributed by atoms with Crippen molar-refractivity contribution in [3.05, 3.63) is 52.1 Å². The van der Waals surface area contributed by atoms with Crippen LogP contribution in [0.5, 0.6) is 11.5 Å². The summed E-state index contributed by atoms with van der Waals surface area (Å²) >= 11 is 0. The second-order valence-electron chi connectivity index (χ2n) is 5.98. The molecule has 8 nitrogen and oxygen atoms in total. The van der Waals surface area contributed by atoms with Gasteiger partial charge in [-0.3, -0.25) is 9.78 Å². The molecule has 8 heteroatoms. The Morgan fingerprint density at radius 1 is 1.26 bits per heavy atom. The van der Waals surface area contributed by atoms with E-state index in [2.05, 4.69) is 10.3 Å². The van der Waals surface area contributed by atoms with Gasteiger partial charge in [-0.1, -0.05) is 0 Å². The van der Waals surface area contributed by atoms with Gasteiger partial charge in [-0.2, -0.15) is 0 Å². The number of aryl methyl sites for hydroxylation is 2. The van der Waals surface area contributed by atoms with Crippen LogP contribution < -0.4 is 26.1 Å². The zero-order valence-corrected chi connectivity index (χ0v) is 15.2. The van der Waals surface area contributed by atoms with Gasteiger partial charge in [-0.25, -0.2) is 4.79 Å². The van der Waals surface area contributed by atoms with Crippen LogP contribution >= 0.6 is 0 Å². The zero-order chi connectivity index (χ0) is 19.6. The number of fused-ring (bicyclic) bond motifs is 1. The number of hydrogen-bond donors (Lipinski definition) is 2. The fourth-order valence-corrected chi connectivity index (χ4v) is 2.76. The number of benzene rings is 1. The standard InChI is InChI=1S/C19H19N3O5/c1-10-7-21-8-11(2)17(10)22-13-6-16(24)27-18-12(13)4-5-14(25-3)19(18)26-9-15(20)23/h4-8H,9H2,1-3H3,(H2,20,23)(H,21,22). The van der Waals surface area contributed by atoms with Crippen molar-refractivity contribution >= 4 is 28.3 Å². The lowest BCUT2D eigenvalue weighted by Crippen LogP contribution is -2.20. The van der Waals surface area contributed by atoms with Crippen LogP contribution in [0.1, 0.15) is 11.1 Å². The van der Waals surface area contributed by atoms with Gasteiger partial charge in [0, 0.05) is 29.5 Å². The number of hydrogen-bond acceptors (Lipinski definition) is 7. The average Bonchev–Trinajstić information content (AvgIpc) is 2.62. The minimum atomic E-state index is -0.659. The predicted molar refractivity (Wildman–Crippen MR) is 101 cm³/mol. The number of methoxy groups -OCH3 is 1. The number of pyridine rings is 1. The van der Waals surface area contributed by atoms with Crippen molar-refractivity contribution in [2.75, 3.05) is 19.0 Å². The molecule has 0 atom stereocenters. The zero-order valence-electron chi connectivity index (χ0n) is 15.2. The van der Waals surface area contributed by atoms with Gasteiger partial charge in [0.2, 0.25) is 5.75 Å². The van der Waals surface area contributed by atoms with Crippen molar-refractivity contribution in [1.82, 2.24) is 4.98 Å². The average molecular weight is 369 g/mol. The molecule has 0 fully saturated rings. The summed E-state index contributed by atoms with van der Waals surface area (Å²) in [6.07, 6.45) is 3.46. The molecule has 0 aliphatic heterocycles. The molecule has 0 saturated heterocycles. The van der Waals surface area contributed by atoms with Crippen molar-refractivity contribution in [1.29, 1.82) is 0 Å². The molecule has 2 heterocycles. The summed E-state index contributed by atoms with van der Waals surface area (Å²) in [6, 6.07) is 4.75. The second-order valence-corrected chi connectivity index (χ2v) is 5.98. The fraction of sp³-hybridized carbons (Fsp3) is 0.211. The van der Waals surface area contributed by atoms with E-state index in [9.17, 15) is 9.59 Å². The molecule has 2 aromatic heterocycles. The van der Waals surface area contributed by atoms with Crippen LogP contribution in [0.25, 0.3) is 11.0 Å². The minimum Gasteiger partial charge on any atom is -0.493 e. The highest BCUT2D eigenvalue weighted by Gasteiger charge is 2.17. The molecule has 140 valence electrons. The maximum Gasteiger partial charge on any atom is 0.338 e. The molecular weight excluding hydrogens is 350 g/mol. The number of ether oxygens (including phenoxy) is 2. The molecule has 27 heavy (non-hydrogen) atoms. The van der Waals surface area contributed by atoms with Gasteiger partial charge in [0.05, 0.1) is 12.8 Å². The number of rotatable bonds is 6. The van der Waals surface area contributed by atoms with Crippen LogP contribution in [0.2, 0.25) is 0 Å². The molecule has 1 aromatic carbocycles. The highest BCUT2D eigenvalue weighted by atomic mass is 16.5. The smallest absolute Gasteiger partial charge is 0.338 e. The summed E-state index contributed by atoms with van der Waals surface area (Å²) in [5, 5.41) is 3.85. The molecule has 0 spiro atoms. The lowest BCUT2D eigenvalue weighted by atomic mass is 10.1. The van der Waals surface area contributed by atoms with E-state index in [1.165, 1.54) is 13.2 Å². The van der Waals surface area contributed by atoms with E-state index in [-0.39, 0.29) is 17.9 Å². The Morgan fingerprint density at radius 3 is 2.59 bits per heavy atom. The van der Waals surface area contributed by atoms with Gasteiger partial charge in [0.25, 0.3) is 5.91 Å². The molecule has 0 bridgehead atoms. The summed E-state index contributed by atoms with van der Waals surface area (Å²) in [4.78, 5) is 27.4. The number of primary amides is 1. The number of aromatic nitrogens is 1. The molecule has 3 N–H and O–H groups in total. The quantitative estimate of drug-likeness (QED) is 0.641. The second kappa shape index (κ2) is 7.36. The Balaban J connectivity index is 2.18. The number of nitrogens with two attached hydrogens (primary N) is 1. The highest BCUT2D eigenvalue weighted by Crippen LogP contribution is 2.38. The summed E-state index contributed by atoms with van der Waals surface area (Å²) in [7, 11) is 1.45. The first kappa shape index (κ1) is 18.2. The van der Waals surface area contributed by atoms with Gasteiger partial charge in [0.15, 0.2) is 17.9 Å². The minimum absolute atomic E-state index is 0.137. The van der Waals surface area contributed by atoms with Gasteiger partial charge < -0.3 is 24.9 Å². The molecule has 3 aromatic rings. The Labute approximate surface area is 154 Å². The van der Waals surface area contributed by atoms with Crippen LogP contribution in [0.15, 0.2) is 39.8 Å². The predicted octanol–water partition coefficient (Wildman–Crippen LogP) is 2.42. The Hall–Kier alpha value is -3.55. The van der Waals surface area contributed by atoms with Crippen molar-refractivity contribution in [2.45, 2.75) is 13.8 Å². The number of carbonyl (C=O) groups excluding carboxylic acids is 1. The molecular formula is C19H19N3O5. The molecule has 0 aliphatic carbocycles. The van der Waals surface area contributed by atoms with Crippen LogP contribution in [0, 0.1) is 13.8 Å². The first-order valence-electron chi connectivity index (χ1n) is 8.15. The largest absolute Gasteiger partial charge is 0.493 e. The van der Waals surface area contributed by atoms with Crippen LogP contribution in [0.4, 0.5) is 11.4 Å². The normalized spacial score (nSPS) is 10.6. The number of anilines is 2. The van der Waals surface area contributed by atoms with E-state index in [1.54, 1.807) is 24.5 Å². The molecule has 0 aliphatic rings.